The van der Waals surface area contributed by atoms with Gasteiger partial charge in [0.1, 0.15) is 11.6 Å². The van der Waals surface area contributed by atoms with Gasteiger partial charge in [-0.25, -0.2) is 8.78 Å². The molecule has 0 bridgehead atoms. The largest absolute Gasteiger partial charge is 0.394 e. The maximum absolute atomic E-state index is 13.9. The van der Waals surface area contributed by atoms with Gasteiger partial charge in [-0.3, -0.25) is 9.69 Å². The van der Waals surface area contributed by atoms with Crippen molar-refractivity contribution >= 4 is 5.91 Å². The molecule has 1 aliphatic rings. The molecular formula is C17H24F2N2O2. The van der Waals surface area contributed by atoms with Crippen LogP contribution in [0.15, 0.2) is 18.2 Å². The molecule has 1 aliphatic heterocycles. The lowest BCUT2D eigenvalue weighted by molar-refractivity contribution is -0.128. The van der Waals surface area contributed by atoms with Crippen LogP contribution in [0.3, 0.4) is 0 Å². The molecule has 1 aromatic carbocycles. The molecule has 4 nitrogen and oxygen atoms in total. The molecule has 0 spiro atoms. The molecular weight excluding hydrogens is 302 g/mol. The summed E-state index contributed by atoms with van der Waals surface area (Å²) in [6, 6.07) is 2.52. The Labute approximate surface area is 135 Å². The Balaban J connectivity index is 2.14. The highest BCUT2D eigenvalue weighted by Crippen LogP contribution is 2.27. The molecule has 0 aromatic heterocycles. The third-order valence-electron chi connectivity index (χ3n) is 4.69. The zero-order chi connectivity index (χ0) is 17.1. The zero-order valence-corrected chi connectivity index (χ0v) is 13.7. The molecule has 1 saturated heterocycles. The van der Waals surface area contributed by atoms with Crippen molar-refractivity contribution in [3.8, 4) is 0 Å². The monoisotopic (exact) mass is 326 g/mol. The third-order valence-corrected chi connectivity index (χ3v) is 4.69. The molecule has 1 amide bonds. The van der Waals surface area contributed by atoms with Gasteiger partial charge < -0.3 is 10.4 Å². The Morgan fingerprint density at radius 2 is 1.83 bits per heavy atom. The van der Waals surface area contributed by atoms with Gasteiger partial charge in [0, 0.05) is 17.6 Å². The fourth-order valence-corrected chi connectivity index (χ4v) is 3.46. The van der Waals surface area contributed by atoms with E-state index in [0.29, 0.717) is 0 Å². The summed E-state index contributed by atoms with van der Waals surface area (Å²) in [5, 5.41) is 12.0. The van der Waals surface area contributed by atoms with Crippen LogP contribution in [0.1, 0.15) is 45.2 Å². The van der Waals surface area contributed by atoms with Crippen LogP contribution in [-0.2, 0) is 4.79 Å². The van der Waals surface area contributed by atoms with Gasteiger partial charge in [-0.1, -0.05) is 6.07 Å². The number of nitrogens with zero attached hydrogens (tertiary/aromatic N) is 1. The number of aliphatic hydroxyl groups is 1. The molecule has 2 rings (SSSR count). The summed E-state index contributed by atoms with van der Waals surface area (Å²) in [5.74, 6) is -1.90. The maximum Gasteiger partial charge on any atom is 0.237 e. The van der Waals surface area contributed by atoms with Crippen LogP contribution in [0.2, 0.25) is 0 Å². The molecule has 0 saturated carbocycles. The molecule has 1 fully saturated rings. The van der Waals surface area contributed by atoms with E-state index in [0.717, 1.165) is 25.0 Å². The van der Waals surface area contributed by atoms with Crippen LogP contribution in [-0.4, -0.2) is 40.6 Å². The fourth-order valence-electron chi connectivity index (χ4n) is 3.46. The average Bonchev–Trinajstić information content (AvgIpc) is 2.84. The number of rotatable bonds is 5. The zero-order valence-electron chi connectivity index (χ0n) is 13.7. The van der Waals surface area contributed by atoms with Crippen LogP contribution in [0.4, 0.5) is 8.78 Å². The molecule has 4 atom stereocenters. The summed E-state index contributed by atoms with van der Waals surface area (Å²) in [5.41, 5.74) is -0.307. The van der Waals surface area contributed by atoms with Gasteiger partial charge in [-0.2, -0.15) is 0 Å². The van der Waals surface area contributed by atoms with Crippen molar-refractivity contribution in [2.24, 2.45) is 0 Å². The van der Waals surface area contributed by atoms with Crippen molar-refractivity contribution < 1.29 is 18.7 Å². The topological polar surface area (TPSA) is 52.6 Å². The molecule has 4 unspecified atom stereocenters. The number of hydrogen-bond donors (Lipinski definition) is 2. The van der Waals surface area contributed by atoms with E-state index in [2.05, 4.69) is 24.1 Å². The third kappa shape index (κ3) is 3.70. The molecule has 23 heavy (non-hydrogen) atoms. The lowest BCUT2D eigenvalue weighted by Crippen LogP contribution is -2.50. The van der Waals surface area contributed by atoms with Crippen molar-refractivity contribution in [2.75, 3.05) is 6.61 Å². The summed E-state index contributed by atoms with van der Waals surface area (Å²) < 4.78 is 27.7. The predicted octanol–water partition coefficient (Wildman–Crippen LogP) is 2.38. The van der Waals surface area contributed by atoms with E-state index in [1.54, 1.807) is 6.92 Å². The van der Waals surface area contributed by atoms with E-state index < -0.39 is 30.3 Å². The van der Waals surface area contributed by atoms with Crippen LogP contribution >= 0.6 is 0 Å². The summed E-state index contributed by atoms with van der Waals surface area (Å²) >= 11 is 0. The summed E-state index contributed by atoms with van der Waals surface area (Å²) in [4.78, 5) is 14.6. The number of halogens is 2. The average molecular weight is 326 g/mol. The first kappa shape index (κ1) is 17.8. The predicted molar refractivity (Wildman–Crippen MR) is 83.8 cm³/mol. The smallest absolute Gasteiger partial charge is 0.237 e. The lowest BCUT2D eigenvalue weighted by Gasteiger charge is -2.32. The second-order valence-electron chi connectivity index (χ2n) is 6.28. The van der Waals surface area contributed by atoms with E-state index >= 15 is 0 Å². The quantitative estimate of drug-likeness (QED) is 0.873. The van der Waals surface area contributed by atoms with E-state index in [-0.39, 0.29) is 23.6 Å². The number of likely N-dealkylation sites (tertiary alicyclic amines) is 1. The van der Waals surface area contributed by atoms with Gasteiger partial charge in [0.05, 0.1) is 18.7 Å². The Bertz CT molecular complexity index is 537. The Morgan fingerprint density at radius 3 is 2.30 bits per heavy atom. The highest BCUT2D eigenvalue weighted by Gasteiger charge is 2.35. The van der Waals surface area contributed by atoms with Crippen molar-refractivity contribution in [1.29, 1.82) is 0 Å². The number of nitrogens with one attached hydrogen (secondary N) is 1. The summed E-state index contributed by atoms with van der Waals surface area (Å²) in [7, 11) is 0. The van der Waals surface area contributed by atoms with Gasteiger partial charge in [0.2, 0.25) is 5.91 Å². The van der Waals surface area contributed by atoms with Gasteiger partial charge in [-0.05, 0) is 45.7 Å². The standard InChI is InChI=1S/C17H24F2N2O2/c1-10-7-8-11(2)21(10)12(3)17(23)20-15(9-22)16-13(18)5-4-6-14(16)19/h4-6,10-12,15,22H,7-9H2,1-3H3,(H,20,23). The van der Waals surface area contributed by atoms with Crippen molar-refractivity contribution in [3.05, 3.63) is 35.4 Å². The summed E-state index contributed by atoms with van der Waals surface area (Å²) in [6.45, 7) is 5.34. The minimum Gasteiger partial charge on any atom is -0.394 e. The minimum atomic E-state index is -1.10. The van der Waals surface area contributed by atoms with E-state index in [4.69, 9.17) is 0 Å². The van der Waals surface area contributed by atoms with E-state index in [1.807, 2.05) is 0 Å². The maximum atomic E-state index is 13.9. The van der Waals surface area contributed by atoms with Crippen LogP contribution in [0.25, 0.3) is 0 Å². The number of amides is 1. The van der Waals surface area contributed by atoms with E-state index in [1.165, 1.54) is 6.07 Å². The SMILES string of the molecule is CC1CCC(C)N1C(C)C(=O)NC(CO)c1c(F)cccc1F. The molecule has 1 aromatic rings. The van der Waals surface area contributed by atoms with Crippen LogP contribution in [0.5, 0.6) is 0 Å². The number of carbonyl (C=O) groups is 1. The first-order chi connectivity index (χ1) is 10.9. The Morgan fingerprint density at radius 1 is 1.30 bits per heavy atom. The number of hydrogen-bond acceptors (Lipinski definition) is 3. The van der Waals surface area contributed by atoms with E-state index in [9.17, 15) is 18.7 Å². The van der Waals surface area contributed by atoms with Gasteiger partial charge in [-0.15, -0.1) is 0 Å². The highest BCUT2D eigenvalue weighted by molar-refractivity contribution is 5.82. The second-order valence-corrected chi connectivity index (χ2v) is 6.28. The number of carbonyl (C=O) groups excluding carboxylic acids is 1. The van der Waals surface area contributed by atoms with Gasteiger partial charge in [0.15, 0.2) is 0 Å². The first-order valence-electron chi connectivity index (χ1n) is 7.99. The highest BCUT2D eigenvalue weighted by atomic mass is 19.1. The number of benzene rings is 1. The van der Waals surface area contributed by atoms with Crippen LogP contribution < -0.4 is 5.32 Å². The molecule has 1 heterocycles. The Kier molecular flexibility index (Phi) is 5.70. The van der Waals surface area contributed by atoms with Crippen LogP contribution in [0, 0.1) is 11.6 Å². The fraction of sp³-hybridized carbons (Fsp3) is 0.588. The molecule has 128 valence electrons. The normalized spacial score (nSPS) is 24.4. The van der Waals surface area contributed by atoms with Gasteiger partial charge >= 0.3 is 0 Å². The lowest BCUT2D eigenvalue weighted by atomic mass is 10.1. The summed E-state index contributed by atoms with van der Waals surface area (Å²) in [6.07, 6.45) is 2.04. The Hall–Kier alpha value is -1.53. The molecule has 2 N–H and O–H groups in total. The van der Waals surface area contributed by atoms with Crippen molar-refractivity contribution in [1.82, 2.24) is 10.2 Å². The molecule has 0 aliphatic carbocycles. The second kappa shape index (κ2) is 7.36. The van der Waals surface area contributed by atoms with Gasteiger partial charge in [0.25, 0.3) is 0 Å². The van der Waals surface area contributed by atoms with Crippen molar-refractivity contribution in [3.63, 3.8) is 0 Å². The van der Waals surface area contributed by atoms with Crippen molar-refractivity contribution in [2.45, 2.75) is 57.8 Å². The molecule has 6 heteroatoms. The minimum absolute atomic E-state index is 0.281. The number of aliphatic hydroxyl groups excluding tert-OH is 1. The molecule has 0 radical (unpaired) electrons. The first-order valence-corrected chi connectivity index (χ1v) is 7.99.